The Bertz CT molecular complexity index is 1840. The van der Waals surface area contributed by atoms with Crippen molar-refractivity contribution in [2.24, 2.45) is 0 Å². The van der Waals surface area contributed by atoms with Crippen LogP contribution < -0.4 is 4.72 Å². The maximum atomic E-state index is 13.7. The number of rotatable bonds is 7. The summed E-state index contributed by atoms with van der Waals surface area (Å²) in [6.45, 7) is 5.05. The summed E-state index contributed by atoms with van der Waals surface area (Å²) in [5.74, 6) is -1.35. The van der Waals surface area contributed by atoms with E-state index >= 15 is 0 Å². The third kappa shape index (κ3) is 7.53. The summed E-state index contributed by atoms with van der Waals surface area (Å²) >= 11 is 14.7. The second-order valence-electron chi connectivity index (χ2n) is 9.65. The van der Waals surface area contributed by atoms with Gasteiger partial charge in [0.1, 0.15) is 5.69 Å². The molecule has 0 bridgehead atoms. The molecule has 0 saturated carbocycles. The van der Waals surface area contributed by atoms with Crippen molar-refractivity contribution in [3.63, 3.8) is 0 Å². The minimum absolute atomic E-state index is 0.0229. The summed E-state index contributed by atoms with van der Waals surface area (Å²) in [6, 6.07) is 5.53. The molecule has 0 aliphatic rings. The van der Waals surface area contributed by atoms with Gasteiger partial charge in [0.15, 0.2) is 0 Å². The van der Waals surface area contributed by atoms with E-state index in [0.29, 0.717) is 33.9 Å². The van der Waals surface area contributed by atoms with Crippen molar-refractivity contribution in [1.82, 2.24) is 19.5 Å². The van der Waals surface area contributed by atoms with Crippen LogP contribution in [0.15, 0.2) is 40.6 Å². The molecule has 44 heavy (non-hydrogen) atoms. The zero-order chi connectivity index (χ0) is 32.9. The molecule has 236 valence electrons. The van der Waals surface area contributed by atoms with E-state index in [1.807, 2.05) is 13.8 Å². The Morgan fingerprint density at radius 1 is 0.977 bits per heavy atom. The van der Waals surface area contributed by atoms with Crippen LogP contribution in [-0.2, 0) is 22.4 Å². The number of nitrogens with one attached hydrogen (secondary N) is 1. The van der Waals surface area contributed by atoms with Gasteiger partial charge in [-0.05, 0) is 42.8 Å². The monoisotopic (exact) mass is 716 g/mol. The van der Waals surface area contributed by atoms with Gasteiger partial charge in [0, 0.05) is 16.4 Å². The molecular formula is C26H20Cl2F6N4O3S3. The quantitative estimate of drug-likeness (QED) is 0.152. The van der Waals surface area contributed by atoms with Crippen LogP contribution in [0.1, 0.15) is 41.2 Å². The van der Waals surface area contributed by atoms with Crippen LogP contribution in [-0.4, -0.2) is 40.6 Å². The number of hydrogen-bond acceptors (Lipinski definition) is 7. The number of sulfonamides is 1. The molecule has 0 spiro atoms. The van der Waals surface area contributed by atoms with Crippen LogP contribution in [0.25, 0.3) is 27.5 Å². The summed E-state index contributed by atoms with van der Waals surface area (Å²) in [6.07, 6.45) is -9.70. The normalized spacial score (nSPS) is 12.7. The first kappa shape index (κ1) is 34.1. The molecule has 0 aliphatic heterocycles. The fourth-order valence-corrected chi connectivity index (χ4v) is 7.25. The number of carbonyl (C=O) groups excluding carboxylic acids is 1. The second-order valence-corrected chi connectivity index (χ2v) is 15.0. The molecule has 4 rings (SSSR count). The van der Waals surface area contributed by atoms with Gasteiger partial charge in [-0.2, -0.15) is 36.1 Å². The molecule has 0 aliphatic carbocycles. The predicted octanol–water partition coefficient (Wildman–Crippen LogP) is 8.51. The number of nitrogens with zero attached hydrogens (tertiary/aromatic N) is 3. The Hall–Kier alpha value is -2.79. The Morgan fingerprint density at radius 3 is 2.07 bits per heavy atom. The van der Waals surface area contributed by atoms with Gasteiger partial charge in [0.05, 0.1) is 43.0 Å². The average molecular weight is 718 g/mol. The third-order valence-corrected chi connectivity index (χ3v) is 9.27. The number of alkyl halides is 6. The number of carbonyl (C=O) groups is 1. The predicted molar refractivity (Wildman–Crippen MR) is 158 cm³/mol. The van der Waals surface area contributed by atoms with Crippen LogP contribution in [0.5, 0.6) is 0 Å². The van der Waals surface area contributed by atoms with Crippen molar-refractivity contribution >= 4 is 62.2 Å². The lowest BCUT2D eigenvalue weighted by atomic mass is 9.97. The largest absolute Gasteiger partial charge is 0.416 e. The lowest BCUT2D eigenvalue weighted by Gasteiger charge is -2.15. The van der Waals surface area contributed by atoms with Crippen LogP contribution in [0.2, 0.25) is 10.0 Å². The van der Waals surface area contributed by atoms with Crippen molar-refractivity contribution in [1.29, 1.82) is 0 Å². The first-order chi connectivity index (χ1) is 20.2. The van der Waals surface area contributed by atoms with Gasteiger partial charge in [-0.25, -0.2) is 18.1 Å². The molecule has 7 nitrogen and oxygen atoms in total. The van der Waals surface area contributed by atoms with E-state index in [4.69, 9.17) is 23.2 Å². The lowest BCUT2D eigenvalue weighted by Crippen LogP contribution is -2.31. The molecule has 4 aromatic rings. The van der Waals surface area contributed by atoms with E-state index in [0.717, 1.165) is 16.0 Å². The number of aromatic nitrogens is 3. The average Bonchev–Trinajstić information content (AvgIpc) is 3.43. The van der Waals surface area contributed by atoms with Gasteiger partial charge in [-0.3, -0.25) is 4.79 Å². The standard InChI is InChI=1S/C26H20Cl2F6N4O3S3/c1-11(2)42-23-20(13-5-6-17(27)18(28)9-13)35-24(43-23)38-21(22(39)37-44(4,40)41)19(12(3)36-38)14-7-15(25(29,30)31)10-16(8-14)26(32,33)34/h5-11H,1-4H3,(H,37,39). The van der Waals surface area contributed by atoms with Crippen molar-refractivity contribution in [2.75, 3.05) is 6.26 Å². The molecule has 2 heterocycles. The number of benzene rings is 2. The molecule has 0 saturated heterocycles. The Labute approximate surface area is 265 Å². The smallest absolute Gasteiger partial charge is 0.266 e. The molecule has 2 aromatic carbocycles. The Balaban J connectivity index is 2.05. The summed E-state index contributed by atoms with van der Waals surface area (Å²) in [7, 11) is -4.24. The first-order valence-corrected chi connectivity index (χ1v) is 16.5. The molecule has 0 fully saturated rings. The van der Waals surface area contributed by atoms with Crippen LogP contribution >= 0.6 is 46.3 Å². The minimum atomic E-state index is -5.18. The Kier molecular flexibility index (Phi) is 9.45. The van der Waals surface area contributed by atoms with E-state index in [1.165, 1.54) is 24.8 Å². The maximum Gasteiger partial charge on any atom is 0.416 e. The molecule has 0 unspecified atom stereocenters. The number of hydrogen-bond donors (Lipinski definition) is 1. The highest BCUT2D eigenvalue weighted by atomic mass is 35.5. The molecule has 18 heteroatoms. The second kappa shape index (κ2) is 12.2. The van der Waals surface area contributed by atoms with E-state index in [2.05, 4.69) is 10.1 Å². The fourth-order valence-electron chi connectivity index (χ4n) is 4.04. The maximum absolute atomic E-state index is 13.7. The van der Waals surface area contributed by atoms with Gasteiger partial charge >= 0.3 is 12.4 Å². The fraction of sp³-hybridized carbons (Fsp3) is 0.269. The first-order valence-electron chi connectivity index (χ1n) is 12.2. The lowest BCUT2D eigenvalue weighted by molar-refractivity contribution is -0.143. The van der Waals surface area contributed by atoms with Gasteiger partial charge in [-0.1, -0.05) is 54.5 Å². The van der Waals surface area contributed by atoms with Gasteiger partial charge in [0.2, 0.25) is 15.2 Å². The highest BCUT2D eigenvalue weighted by Crippen LogP contribution is 2.43. The Morgan fingerprint density at radius 2 is 1.57 bits per heavy atom. The van der Waals surface area contributed by atoms with Gasteiger partial charge < -0.3 is 0 Å². The number of halogens is 8. The van der Waals surface area contributed by atoms with Gasteiger partial charge in [-0.15, -0.1) is 11.8 Å². The molecular weight excluding hydrogens is 697 g/mol. The summed E-state index contributed by atoms with van der Waals surface area (Å²) in [5.41, 5.74) is -4.28. The molecule has 1 N–H and O–H groups in total. The van der Waals surface area contributed by atoms with E-state index in [-0.39, 0.29) is 32.2 Å². The van der Waals surface area contributed by atoms with E-state index < -0.39 is 56.2 Å². The number of aryl methyl sites for hydroxylation is 1. The number of thioether (sulfide) groups is 1. The van der Waals surface area contributed by atoms with Crippen molar-refractivity contribution in [3.05, 3.63) is 69.0 Å². The number of amides is 1. The summed E-state index contributed by atoms with van der Waals surface area (Å²) in [5, 5.41) is 4.74. The molecule has 0 atom stereocenters. The molecule has 1 amide bonds. The van der Waals surface area contributed by atoms with Crippen molar-refractivity contribution < 1.29 is 39.6 Å². The summed E-state index contributed by atoms with van der Waals surface area (Å²) in [4.78, 5) is 18.0. The zero-order valence-corrected chi connectivity index (χ0v) is 26.8. The van der Waals surface area contributed by atoms with E-state index in [1.54, 1.807) is 16.9 Å². The zero-order valence-electron chi connectivity index (χ0n) is 22.9. The topological polar surface area (TPSA) is 93.9 Å². The highest BCUT2D eigenvalue weighted by Gasteiger charge is 2.38. The van der Waals surface area contributed by atoms with E-state index in [9.17, 15) is 39.6 Å². The third-order valence-electron chi connectivity index (χ3n) is 5.73. The molecule has 0 radical (unpaired) electrons. The minimum Gasteiger partial charge on any atom is -0.266 e. The molecule has 2 aromatic heterocycles. The van der Waals surface area contributed by atoms with Crippen LogP contribution in [0.4, 0.5) is 26.3 Å². The van der Waals surface area contributed by atoms with Crippen LogP contribution in [0.3, 0.4) is 0 Å². The number of thiazole rings is 1. The summed E-state index contributed by atoms with van der Waals surface area (Å²) < 4.78 is 109. The highest BCUT2D eigenvalue weighted by molar-refractivity contribution is 8.01. The van der Waals surface area contributed by atoms with Crippen molar-refractivity contribution in [3.8, 4) is 27.5 Å². The van der Waals surface area contributed by atoms with Gasteiger partial charge in [0.25, 0.3) is 5.91 Å². The SMILES string of the molecule is Cc1nn(-c2nc(-c3ccc(Cl)c(Cl)c3)c(SC(C)C)s2)c(C(=O)NS(C)(=O)=O)c1-c1cc(C(F)(F)F)cc(C(F)(F)F)c1. The van der Waals surface area contributed by atoms with Crippen LogP contribution in [0, 0.1) is 6.92 Å². The van der Waals surface area contributed by atoms with Crippen molar-refractivity contribution in [2.45, 2.75) is 42.6 Å².